The summed E-state index contributed by atoms with van der Waals surface area (Å²) in [5, 5.41) is 2.91. The van der Waals surface area contributed by atoms with E-state index in [1.165, 1.54) is 23.1 Å². The highest BCUT2D eigenvalue weighted by molar-refractivity contribution is 9.10. The Labute approximate surface area is 215 Å². The number of carbonyl (C=O) groups excluding carboxylic acids is 2. The van der Waals surface area contributed by atoms with E-state index in [0.717, 1.165) is 27.0 Å². The van der Waals surface area contributed by atoms with Crippen LogP contribution in [-0.2, 0) is 26.2 Å². The molecule has 2 atom stereocenters. The largest absolute Gasteiger partial charge is 0.352 e. The molecule has 0 fully saturated rings. The molecule has 35 heavy (non-hydrogen) atoms. The van der Waals surface area contributed by atoms with Crippen LogP contribution in [0.15, 0.2) is 53.0 Å². The van der Waals surface area contributed by atoms with Crippen LogP contribution in [0.25, 0.3) is 0 Å². The van der Waals surface area contributed by atoms with E-state index in [-0.39, 0.29) is 49.5 Å². The smallest absolute Gasteiger partial charge is 0.242 e. The van der Waals surface area contributed by atoms with E-state index in [9.17, 15) is 22.4 Å². The molecule has 0 saturated heterocycles. The molecule has 10 heteroatoms. The SMILES string of the molecule is CC[C@H](C)NC(=O)[C@H](C)N(Cc1cccc(Br)c1)C(=O)CCCN(c1ccccc1F)S(C)(=O)=O. The Kier molecular flexibility index (Phi) is 10.7. The third kappa shape index (κ3) is 8.61. The van der Waals surface area contributed by atoms with Gasteiger partial charge < -0.3 is 10.2 Å². The van der Waals surface area contributed by atoms with E-state index in [1.54, 1.807) is 13.0 Å². The molecule has 0 aliphatic carbocycles. The van der Waals surface area contributed by atoms with E-state index in [4.69, 9.17) is 0 Å². The maximum Gasteiger partial charge on any atom is 0.242 e. The molecule has 0 spiro atoms. The van der Waals surface area contributed by atoms with Crippen LogP contribution < -0.4 is 9.62 Å². The zero-order valence-electron chi connectivity index (χ0n) is 20.5. The lowest BCUT2D eigenvalue weighted by Crippen LogP contribution is -2.49. The minimum absolute atomic E-state index is 0.00454. The van der Waals surface area contributed by atoms with Crippen molar-refractivity contribution in [3.8, 4) is 0 Å². The van der Waals surface area contributed by atoms with Crippen molar-refractivity contribution in [2.24, 2.45) is 0 Å². The molecule has 0 aliphatic heterocycles. The zero-order chi connectivity index (χ0) is 26.2. The minimum Gasteiger partial charge on any atom is -0.352 e. The Balaban J connectivity index is 2.18. The third-order valence-electron chi connectivity index (χ3n) is 5.68. The maximum absolute atomic E-state index is 14.3. The van der Waals surface area contributed by atoms with Crippen LogP contribution in [0.1, 0.15) is 45.6 Å². The predicted octanol–water partition coefficient (Wildman–Crippen LogP) is 4.47. The topological polar surface area (TPSA) is 86.8 Å². The van der Waals surface area contributed by atoms with Crippen molar-refractivity contribution in [1.82, 2.24) is 10.2 Å². The second-order valence-corrected chi connectivity index (χ2v) is 11.4. The molecular weight excluding hydrogens is 537 g/mol. The lowest BCUT2D eigenvalue weighted by molar-refractivity contribution is -0.140. The standard InChI is InChI=1S/C25H33BrFN3O4S/c1-5-18(2)28-25(32)19(3)29(17-20-10-8-11-21(26)16-20)24(31)14-9-15-30(35(4,33)34)23-13-7-6-12-22(23)27/h6-8,10-13,16,18-19H,5,9,14-15,17H2,1-4H3,(H,28,32)/t18-,19-/m0/s1. The van der Waals surface area contributed by atoms with Crippen LogP contribution in [0.2, 0.25) is 0 Å². The number of carbonyl (C=O) groups is 2. The van der Waals surface area contributed by atoms with Gasteiger partial charge in [0.1, 0.15) is 11.9 Å². The van der Waals surface area contributed by atoms with Crippen molar-refractivity contribution in [2.75, 3.05) is 17.1 Å². The van der Waals surface area contributed by atoms with Gasteiger partial charge >= 0.3 is 0 Å². The second kappa shape index (κ2) is 13.0. The Hall–Kier alpha value is -2.46. The van der Waals surface area contributed by atoms with Crippen molar-refractivity contribution >= 4 is 43.5 Å². The van der Waals surface area contributed by atoms with Gasteiger partial charge in [-0.05, 0) is 56.5 Å². The lowest BCUT2D eigenvalue weighted by Gasteiger charge is -2.30. The van der Waals surface area contributed by atoms with Crippen LogP contribution in [0.5, 0.6) is 0 Å². The molecular formula is C25H33BrFN3O4S. The number of nitrogens with zero attached hydrogens (tertiary/aromatic N) is 2. The van der Waals surface area contributed by atoms with Gasteiger partial charge in [-0.1, -0.05) is 47.1 Å². The number of halogens is 2. The second-order valence-electron chi connectivity index (χ2n) is 8.54. The third-order valence-corrected chi connectivity index (χ3v) is 7.36. The lowest BCUT2D eigenvalue weighted by atomic mass is 10.1. The predicted molar refractivity (Wildman–Crippen MR) is 140 cm³/mol. The number of hydrogen-bond donors (Lipinski definition) is 1. The molecule has 2 amide bonds. The summed E-state index contributed by atoms with van der Waals surface area (Å²) >= 11 is 3.43. The highest BCUT2D eigenvalue weighted by atomic mass is 79.9. The Morgan fingerprint density at radius 3 is 2.40 bits per heavy atom. The van der Waals surface area contributed by atoms with Crippen LogP contribution >= 0.6 is 15.9 Å². The number of para-hydroxylation sites is 1. The van der Waals surface area contributed by atoms with Gasteiger partial charge in [-0.2, -0.15) is 0 Å². The van der Waals surface area contributed by atoms with Gasteiger partial charge in [0.15, 0.2) is 0 Å². The van der Waals surface area contributed by atoms with Crippen LogP contribution in [-0.4, -0.2) is 50.0 Å². The fourth-order valence-electron chi connectivity index (χ4n) is 3.52. The van der Waals surface area contributed by atoms with Crippen molar-refractivity contribution in [2.45, 2.75) is 58.7 Å². The van der Waals surface area contributed by atoms with E-state index < -0.39 is 21.9 Å². The summed E-state index contributed by atoms with van der Waals surface area (Å²) < 4.78 is 40.7. The average Bonchev–Trinajstić information content (AvgIpc) is 2.79. The number of hydrogen-bond acceptors (Lipinski definition) is 4. The molecule has 1 N–H and O–H groups in total. The summed E-state index contributed by atoms with van der Waals surface area (Å²) in [5.74, 6) is -1.21. The molecule has 0 aliphatic rings. The summed E-state index contributed by atoms with van der Waals surface area (Å²) in [6.07, 6.45) is 1.92. The number of benzene rings is 2. The summed E-state index contributed by atoms with van der Waals surface area (Å²) in [7, 11) is -3.76. The highest BCUT2D eigenvalue weighted by Gasteiger charge is 2.27. The molecule has 0 aromatic heterocycles. The first-order valence-electron chi connectivity index (χ1n) is 11.5. The fraction of sp³-hybridized carbons (Fsp3) is 0.440. The number of sulfonamides is 1. The van der Waals surface area contributed by atoms with E-state index >= 15 is 0 Å². The summed E-state index contributed by atoms with van der Waals surface area (Å²) in [6.45, 7) is 5.69. The van der Waals surface area contributed by atoms with Crippen molar-refractivity contribution in [3.63, 3.8) is 0 Å². The maximum atomic E-state index is 14.3. The van der Waals surface area contributed by atoms with E-state index in [0.29, 0.717) is 0 Å². The Morgan fingerprint density at radius 1 is 1.11 bits per heavy atom. The van der Waals surface area contributed by atoms with Crippen LogP contribution in [0, 0.1) is 5.82 Å². The highest BCUT2D eigenvalue weighted by Crippen LogP contribution is 2.22. The van der Waals surface area contributed by atoms with Crippen molar-refractivity contribution in [1.29, 1.82) is 0 Å². The van der Waals surface area contributed by atoms with Gasteiger partial charge in [0, 0.05) is 30.0 Å². The van der Waals surface area contributed by atoms with E-state index in [2.05, 4.69) is 21.2 Å². The van der Waals surface area contributed by atoms with Gasteiger partial charge in [0.05, 0.1) is 11.9 Å². The van der Waals surface area contributed by atoms with Gasteiger partial charge in [-0.15, -0.1) is 0 Å². The van der Waals surface area contributed by atoms with Crippen LogP contribution in [0.4, 0.5) is 10.1 Å². The molecule has 2 aromatic rings. The zero-order valence-corrected chi connectivity index (χ0v) is 22.9. The first kappa shape index (κ1) is 28.8. The first-order valence-corrected chi connectivity index (χ1v) is 14.1. The van der Waals surface area contributed by atoms with Gasteiger partial charge in [-0.3, -0.25) is 13.9 Å². The molecule has 0 bridgehead atoms. The van der Waals surface area contributed by atoms with Crippen molar-refractivity contribution < 1.29 is 22.4 Å². The summed E-state index contributed by atoms with van der Waals surface area (Å²) in [5.41, 5.74) is 0.787. The van der Waals surface area contributed by atoms with Crippen LogP contribution in [0.3, 0.4) is 0 Å². The number of anilines is 1. The molecule has 0 unspecified atom stereocenters. The molecule has 0 saturated carbocycles. The molecule has 0 radical (unpaired) electrons. The van der Waals surface area contributed by atoms with Crippen molar-refractivity contribution in [3.05, 3.63) is 64.4 Å². The number of nitrogens with one attached hydrogen (secondary N) is 1. The van der Waals surface area contributed by atoms with Gasteiger partial charge in [-0.25, -0.2) is 12.8 Å². The molecule has 2 aromatic carbocycles. The fourth-order valence-corrected chi connectivity index (χ4v) is 4.93. The first-order chi connectivity index (χ1) is 16.4. The summed E-state index contributed by atoms with van der Waals surface area (Å²) in [6, 6.07) is 12.3. The Bertz CT molecular complexity index is 1130. The quantitative estimate of drug-likeness (QED) is 0.408. The minimum atomic E-state index is -3.76. The Morgan fingerprint density at radius 2 is 1.80 bits per heavy atom. The molecule has 2 rings (SSSR count). The molecule has 7 nitrogen and oxygen atoms in total. The number of amides is 2. The number of rotatable bonds is 12. The average molecular weight is 571 g/mol. The van der Waals surface area contributed by atoms with E-state index in [1.807, 2.05) is 38.1 Å². The normalized spacial score (nSPS) is 13.1. The van der Waals surface area contributed by atoms with Gasteiger partial charge in [0.2, 0.25) is 21.8 Å². The monoisotopic (exact) mass is 569 g/mol. The van der Waals surface area contributed by atoms with Gasteiger partial charge in [0.25, 0.3) is 0 Å². The molecule has 192 valence electrons. The summed E-state index contributed by atoms with van der Waals surface area (Å²) in [4.78, 5) is 27.6. The molecule has 0 heterocycles.